The third-order valence-corrected chi connectivity index (χ3v) is 6.38. The van der Waals surface area contributed by atoms with Gasteiger partial charge in [0, 0.05) is 24.4 Å². The monoisotopic (exact) mass is 490 g/mol. The second-order valence-corrected chi connectivity index (χ2v) is 8.88. The summed E-state index contributed by atoms with van der Waals surface area (Å²) >= 11 is 5.32. The summed E-state index contributed by atoms with van der Waals surface area (Å²) in [5.74, 6) is -0.301. The van der Waals surface area contributed by atoms with E-state index in [4.69, 9.17) is 17.0 Å². The van der Waals surface area contributed by atoms with Gasteiger partial charge < -0.3 is 15.0 Å². The predicted molar refractivity (Wildman–Crippen MR) is 133 cm³/mol. The van der Waals surface area contributed by atoms with Crippen LogP contribution in [0.3, 0.4) is 0 Å². The Bertz CT molecular complexity index is 1530. The molecule has 9 heteroatoms. The maximum atomic E-state index is 14.3. The summed E-state index contributed by atoms with van der Waals surface area (Å²) in [7, 11) is 0. The van der Waals surface area contributed by atoms with E-state index in [1.54, 1.807) is 24.4 Å². The van der Waals surface area contributed by atoms with Gasteiger partial charge in [0.25, 0.3) is 11.5 Å². The number of H-pyrrole nitrogens is 1. The number of aromatic amines is 1. The Kier molecular flexibility index (Phi) is 6.41. The van der Waals surface area contributed by atoms with Crippen LogP contribution in [-0.4, -0.2) is 26.5 Å². The Morgan fingerprint density at radius 3 is 2.77 bits per heavy atom. The van der Waals surface area contributed by atoms with Crippen molar-refractivity contribution in [2.24, 2.45) is 0 Å². The van der Waals surface area contributed by atoms with Crippen LogP contribution in [0.25, 0.3) is 16.6 Å². The molecule has 5 rings (SSSR count). The van der Waals surface area contributed by atoms with E-state index in [9.17, 15) is 14.0 Å². The van der Waals surface area contributed by atoms with Gasteiger partial charge in [0.2, 0.25) is 5.88 Å². The number of benzene rings is 2. The lowest BCUT2D eigenvalue weighted by atomic mass is 10.1. The van der Waals surface area contributed by atoms with Crippen LogP contribution in [0.2, 0.25) is 0 Å². The number of nitrogens with one attached hydrogen (secondary N) is 2. The highest BCUT2D eigenvalue weighted by molar-refractivity contribution is 7.71. The number of hydrogen-bond acceptors (Lipinski definition) is 5. The lowest BCUT2D eigenvalue weighted by molar-refractivity contribution is 0.0951. The number of carbonyl (C=O) groups excluding carboxylic acids is 1. The molecule has 35 heavy (non-hydrogen) atoms. The van der Waals surface area contributed by atoms with Crippen molar-refractivity contribution in [1.29, 1.82) is 0 Å². The number of carbonyl (C=O) groups is 1. The molecule has 0 aliphatic heterocycles. The average molecular weight is 491 g/mol. The number of pyridine rings is 1. The van der Waals surface area contributed by atoms with Gasteiger partial charge in [-0.2, -0.15) is 0 Å². The van der Waals surface area contributed by atoms with Gasteiger partial charge in [-0.3, -0.25) is 9.59 Å². The molecule has 1 aliphatic rings. The lowest BCUT2D eigenvalue weighted by Crippen LogP contribution is -2.24. The molecule has 1 amide bonds. The van der Waals surface area contributed by atoms with E-state index < -0.39 is 11.4 Å². The smallest absolute Gasteiger partial charge is 0.266 e. The zero-order valence-electron chi connectivity index (χ0n) is 18.8. The van der Waals surface area contributed by atoms with Crippen LogP contribution in [0, 0.1) is 10.6 Å². The molecule has 7 nitrogen and oxygen atoms in total. The summed E-state index contributed by atoms with van der Waals surface area (Å²) in [6.45, 7) is 0.297. The van der Waals surface area contributed by atoms with Crippen LogP contribution < -0.4 is 15.6 Å². The van der Waals surface area contributed by atoms with Crippen LogP contribution >= 0.6 is 12.2 Å². The Labute approximate surface area is 205 Å². The normalized spacial score (nSPS) is 13.7. The molecule has 2 aromatic carbocycles. The molecule has 2 aromatic heterocycles. The van der Waals surface area contributed by atoms with Gasteiger partial charge in [-0.1, -0.05) is 12.1 Å². The van der Waals surface area contributed by atoms with Crippen LogP contribution in [0.1, 0.15) is 41.6 Å². The summed E-state index contributed by atoms with van der Waals surface area (Å²) in [6.07, 6.45) is 6.31. The largest absolute Gasteiger partial charge is 0.474 e. The van der Waals surface area contributed by atoms with Crippen molar-refractivity contribution < 1.29 is 13.9 Å². The highest BCUT2D eigenvalue weighted by Crippen LogP contribution is 2.23. The molecule has 1 fully saturated rings. The summed E-state index contributed by atoms with van der Waals surface area (Å²) < 4.78 is 21.4. The topological polar surface area (TPSA) is 89.0 Å². The van der Waals surface area contributed by atoms with Crippen molar-refractivity contribution in [1.82, 2.24) is 19.9 Å². The fourth-order valence-corrected chi connectivity index (χ4v) is 4.59. The minimum Gasteiger partial charge on any atom is -0.474 e. The summed E-state index contributed by atoms with van der Waals surface area (Å²) in [6, 6.07) is 14.2. The Hall–Kier alpha value is -3.85. The van der Waals surface area contributed by atoms with Crippen LogP contribution in [0.15, 0.2) is 65.6 Å². The molecule has 1 aliphatic carbocycles. The molecule has 0 spiro atoms. The Morgan fingerprint density at radius 1 is 1.17 bits per heavy atom. The third kappa shape index (κ3) is 4.85. The highest BCUT2D eigenvalue weighted by Gasteiger charge is 2.17. The van der Waals surface area contributed by atoms with Gasteiger partial charge in [0.05, 0.1) is 16.6 Å². The Morgan fingerprint density at radius 2 is 1.97 bits per heavy atom. The number of halogens is 1. The molecule has 2 N–H and O–H groups in total. The zero-order valence-corrected chi connectivity index (χ0v) is 19.6. The molecular weight excluding hydrogens is 467 g/mol. The van der Waals surface area contributed by atoms with E-state index in [1.807, 2.05) is 12.1 Å². The first-order valence-electron chi connectivity index (χ1n) is 11.4. The summed E-state index contributed by atoms with van der Waals surface area (Å²) in [4.78, 5) is 33.0. The minimum absolute atomic E-state index is 0.0386. The molecule has 0 saturated heterocycles. The number of aromatic nitrogens is 3. The maximum Gasteiger partial charge on any atom is 0.266 e. The van der Waals surface area contributed by atoms with Crippen molar-refractivity contribution >= 4 is 29.0 Å². The van der Waals surface area contributed by atoms with Crippen molar-refractivity contribution in [3.05, 3.63) is 92.9 Å². The van der Waals surface area contributed by atoms with Crippen molar-refractivity contribution in [3.8, 4) is 11.6 Å². The lowest BCUT2D eigenvalue weighted by Gasteiger charge is -2.13. The molecule has 0 unspecified atom stereocenters. The van der Waals surface area contributed by atoms with E-state index in [0.717, 1.165) is 23.0 Å². The van der Waals surface area contributed by atoms with Gasteiger partial charge in [-0.25, -0.2) is 13.9 Å². The van der Waals surface area contributed by atoms with Crippen molar-refractivity contribution in [2.75, 3.05) is 0 Å². The molecule has 0 radical (unpaired) electrons. The molecule has 0 atom stereocenters. The SMILES string of the molecule is O=C(NCc1ccnc(OC2CCCC2)c1)c1ccc2c(=O)n(-c3ccccc3F)c(=S)[nH]c2c1. The van der Waals surface area contributed by atoms with Crippen LogP contribution in [0.5, 0.6) is 5.88 Å². The maximum absolute atomic E-state index is 14.3. The molecule has 178 valence electrons. The fraction of sp³-hybridized carbons (Fsp3) is 0.231. The molecule has 2 heterocycles. The van der Waals surface area contributed by atoms with Gasteiger partial charge in [0.1, 0.15) is 11.9 Å². The van der Waals surface area contributed by atoms with E-state index in [2.05, 4.69) is 15.3 Å². The van der Waals surface area contributed by atoms with E-state index in [-0.39, 0.29) is 22.5 Å². The number of para-hydroxylation sites is 1. The average Bonchev–Trinajstić information content (AvgIpc) is 3.36. The number of fused-ring (bicyclic) bond motifs is 1. The van der Waals surface area contributed by atoms with Crippen LogP contribution in [0.4, 0.5) is 4.39 Å². The second kappa shape index (κ2) is 9.79. The first kappa shape index (κ1) is 22.9. The Balaban J connectivity index is 1.34. The number of ether oxygens (including phenoxy) is 1. The van der Waals surface area contributed by atoms with Gasteiger partial charge in [-0.05, 0) is 79.9 Å². The first-order valence-corrected chi connectivity index (χ1v) is 11.8. The third-order valence-electron chi connectivity index (χ3n) is 6.10. The van der Waals surface area contributed by atoms with Gasteiger partial charge in [-0.15, -0.1) is 0 Å². The molecule has 4 aromatic rings. The van der Waals surface area contributed by atoms with Crippen molar-refractivity contribution in [3.63, 3.8) is 0 Å². The zero-order chi connectivity index (χ0) is 24.4. The number of amides is 1. The second-order valence-electron chi connectivity index (χ2n) is 8.49. The quantitative estimate of drug-likeness (QED) is 0.378. The van der Waals surface area contributed by atoms with Gasteiger partial charge >= 0.3 is 0 Å². The van der Waals surface area contributed by atoms with Crippen LogP contribution in [-0.2, 0) is 6.54 Å². The summed E-state index contributed by atoms with van der Waals surface area (Å²) in [5.41, 5.74) is 1.23. The van der Waals surface area contributed by atoms with E-state index in [0.29, 0.717) is 28.9 Å². The van der Waals surface area contributed by atoms with Crippen molar-refractivity contribution in [2.45, 2.75) is 38.3 Å². The molecule has 0 bridgehead atoms. The summed E-state index contributed by atoms with van der Waals surface area (Å²) in [5, 5.41) is 3.17. The standard InChI is InChI=1S/C26H23FN4O3S/c27-20-7-3-4-8-22(20)31-25(33)19-10-9-17(14-21(19)30-26(31)35)24(32)29-15-16-11-12-28-23(13-16)34-18-5-1-2-6-18/h3-4,7-14,18H,1-2,5-6,15H2,(H,29,32)(H,30,35). The number of nitrogens with zero attached hydrogens (tertiary/aromatic N) is 2. The van der Waals surface area contributed by atoms with Gasteiger partial charge in [0.15, 0.2) is 4.77 Å². The first-order chi connectivity index (χ1) is 17.0. The molecular formula is C26H23FN4O3S. The fourth-order valence-electron chi connectivity index (χ4n) is 4.30. The minimum atomic E-state index is -0.558. The van der Waals surface area contributed by atoms with E-state index in [1.165, 1.54) is 37.1 Å². The highest BCUT2D eigenvalue weighted by atomic mass is 32.1. The van der Waals surface area contributed by atoms with E-state index >= 15 is 0 Å². The number of hydrogen-bond donors (Lipinski definition) is 2. The number of rotatable bonds is 6. The predicted octanol–water partition coefficient (Wildman–Crippen LogP) is 4.83. The molecule has 1 saturated carbocycles.